The molecule has 4 rings (SSSR count). The van der Waals surface area contributed by atoms with Crippen LogP contribution >= 0.6 is 0 Å². The minimum absolute atomic E-state index is 0.0164. The molecule has 2 aromatic rings. The SMILES string of the molecule is O=C1C(=O)N(C2CCCCC2)C(c2ccccc2)/C1=C(/O)c1cccc([N+](=O)[O-])c1. The van der Waals surface area contributed by atoms with E-state index in [1.54, 1.807) is 4.90 Å². The maximum absolute atomic E-state index is 13.0. The first-order valence-electron chi connectivity index (χ1n) is 10.1. The lowest BCUT2D eigenvalue weighted by atomic mass is 9.91. The van der Waals surface area contributed by atoms with Crippen molar-refractivity contribution in [3.8, 4) is 0 Å². The van der Waals surface area contributed by atoms with Crippen molar-refractivity contribution < 1.29 is 19.6 Å². The Kier molecular flexibility index (Phi) is 5.35. The minimum atomic E-state index is -0.751. The molecule has 1 saturated heterocycles. The Morgan fingerprint density at radius 1 is 1.00 bits per heavy atom. The standard InChI is InChI=1S/C23H22N2O5/c26-21(16-10-7-13-18(14-16)25(29)30)19-20(15-8-3-1-4-9-15)24(23(28)22(19)27)17-11-5-2-6-12-17/h1,3-4,7-10,13-14,17,20,26H,2,5-6,11-12H2/b21-19-. The smallest absolute Gasteiger partial charge is 0.295 e. The number of Topliss-reactive ketones (excluding diaryl/α,β-unsaturated/α-hetero) is 1. The molecule has 1 aliphatic carbocycles. The number of nitro groups is 1. The zero-order valence-corrected chi connectivity index (χ0v) is 16.4. The van der Waals surface area contributed by atoms with Crippen molar-refractivity contribution in [2.24, 2.45) is 0 Å². The summed E-state index contributed by atoms with van der Waals surface area (Å²) in [4.78, 5) is 38.2. The highest BCUT2D eigenvalue weighted by atomic mass is 16.6. The van der Waals surface area contributed by atoms with Gasteiger partial charge >= 0.3 is 0 Å². The Bertz CT molecular complexity index is 1020. The van der Waals surface area contributed by atoms with E-state index in [9.17, 15) is 24.8 Å². The molecule has 1 amide bonds. The van der Waals surface area contributed by atoms with Crippen LogP contribution < -0.4 is 0 Å². The summed E-state index contributed by atoms with van der Waals surface area (Å²) in [5.41, 5.74) is 0.662. The van der Waals surface area contributed by atoms with E-state index >= 15 is 0 Å². The highest BCUT2D eigenvalue weighted by Gasteiger charge is 2.48. The number of nitro benzene ring substituents is 1. The maximum Gasteiger partial charge on any atom is 0.295 e. The van der Waals surface area contributed by atoms with Crippen molar-refractivity contribution in [2.75, 3.05) is 0 Å². The molecule has 0 spiro atoms. The number of hydrogen-bond acceptors (Lipinski definition) is 5. The summed E-state index contributed by atoms with van der Waals surface area (Å²) in [7, 11) is 0. The lowest BCUT2D eigenvalue weighted by Crippen LogP contribution is -2.40. The molecule has 0 bridgehead atoms. The topological polar surface area (TPSA) is 101 Å². The second kappa shape index (κ2) is 8.10. The van der Waals surface area contributed by atoms with Crippen LogP contribution in [-0.4, -0.2) is 32.7 Å². The number of hydrogen-bond donors (Lipinski definition) is 1. The fourth-order valence-corrected chi connectivity index (χ4v) is 4.47. The van der Waals surface area contributed by atoms with Crippen molar-refractivity contribution in [1.29, 1.82) is 0 Å². The van der Waals surface area contributed by atoms with Crippen LogP contribution in [0.2, 0.25) is 0 Å². The fourth-order valence-electron chi connectivity index (χ4n) is 4.47. The number of ketones is 1. The van der Waals surface area contributed by atoms with Gasteiger partial charge in [-0.2, -0.15) is 0 Å². The number of amides is 1. The van der Waals surface area contributed by atoms with Crippen LogP contribution in [0.3, 0.4) is 0 Å². The van der Waals surface area contributed by atoms with Gasteiger partial charge in [0.2, 0.25) is 0 Å². The van der Waals surface area contributed by atoms with Gasteiger partial charge in [0.25, 0.3) is 17.4 Å². The van der Waals surface area contributed by atoms with Gasteiger partial charge in [-0.05, 0) is 18.4 Å². The number of benzene rings is 2. The third-order valence-electron chi connectivity index (χ3n) is 5.89. The van der Waals surface area contributed by atoms with Crippen molar-refractivity contribution in [1.82, 2.24) is 4.90 Å². The van der Waals surface area contributed by atoms with E-state index in [4.69, 9.17) is 0 Å². The number of carbonyl (C=O) groups excluding carboxylic acids is 2. The predicted octanol–water partition coefficient (Wildman–Crippen LogP) is 4.35. The first-order valence-corrected chi connectivity index (χ1v) is 10.1. The van der Waals surface area contributed by atoms with Crippen LogP contribution in [0.5, 0.6) is 0 Å². The summed E-state index contributed by atoms with van der Waals surface area (Å²) < 4.78 is 0. The van der Waals surface area contributed by atoms with Crippen LogP contribution in [0.25, 0.3) is 5.76 Å². The third-order valence-corrected chi connectivity index (χ3v) is 5.89. The number of aliphatic hydroxyl groups is 1. The van der Waals surface area contributed by atoms with Crippen molar-refractivity contribution in [2.45, 2.75) is 44.2 Å². The van der Waals surface area contributed by atoms with E-state index in [1.807, 2.05) is 30.3 Å². The zero-order chi connectivity index (χ0) is 21.3. The van der Waals surface area contributed by atoms with E-state index in [-0.39, 0.29) is 28.6 Å². The van der Waals surface area contributed by atoms with Crippen LogP contribution in [0.4, 0.5) is 5.69 Å². The lowest BCUT2D eigenvalue weighted by Gasteiger charge is -2.35. The Labute approximate surface area is 173 Å². The number of likely N-dealkylation sites (tertiary alicyclic amines) is 1. The van der Waals surface area contributed by atoms with Gasteiger partial charge in [0.05, 0.1) is 16.5 Å². The van der Waals surface area contributed by atoms with Gasteiger partial charge in [-0.25, -0.2) is 0 Å². The molecule has 7 nitrogen and oxygen atoms in total. The minimum Gasteiger partial charge on any atom is -0.507 e. The van der Waals surface area contributed by atoms with E-state index in [0.717, 1.165) is 37.7 Å². The molecule has 2 aromatic carbocycles. The molecule has 2 aliphatic rings. The summed E-state index contributed by atoms with van der Waals surface area (Å²) in [6.07, 6.45) is 4.70. The van der Waals surface area contributed by atoms with Crippen LogP contribution in [-0.2, 0) is 9.59 Å². The van der Waals surface area contributed by atoms with E-state index in [1.165, 1.54) is 24.3 Å². The number of non-ortho nitro benzene ring substituents is 1. The highest BCUT2D eigenvalue weighted by molar-refractivity contribution is 6.46. The largest absolute Gasteiger partial charge is 0.507 e. The first kappa shape index (κ1) is 19.8. The normalized spacial score (nSPS) is 21.7. The van der Waals surface area contributed by atoms with E-state index < -0.39 is 22.7 Å². The third kappa shape index (κ3) is 3.47. The molecule has 0 aromatic heterocycles. The quantitative estimate of drug-likeness (QED) is 0.267. The van der Waals surface area contributed by atoms with E-state index in [0.29, 0.717) is 0 Å². The second-order valence-electron chi connectivity index (χ2n) is 7.72. The Morgan fingerprint density at radius 2 is 1.70 bits per heavy atom. The Morgan fingerprint density at radius 3 is 2.37 bits per heavy atom. The van der Waals surface area contributed by atoms with Gasteiger partial charge in [0, 0.05) is 23.7 Å². The molecular weight excluding hydrogens is 384 g/mol. The summed E-state index contributed by atoms with van der Waals surface area (Å²) >= 11 is 0. The zero-order valence-electron chi connectivity index (χ0n) is 16.4. The average Bonchev–Trinajstić information content (AvgIpc) is 3.05. The monoisotopic (exact) mass is 406 g/mol. The number of carbonyl (C=O) groups is 2. The molecule has 1 N–H and O–H groups in total. The second-order valence-corrected chi connectivity index (χ2v) is 7.72. The molecular formula is C23H22N2O5. The predicted molar refractivity (Wildman–Crippen MR) is 111 cm³/mol. The van der Waals surface area contributed by atoms with E-state index in [2.05, 4.69) is 0 Å². The number of aliphatic hydroxyl groups excluding tert-OH is 1. The molecule has 30 heavy (non-hydrogen) atoms. The number of nitrogens with zero attached hydrogens (tertiary/aromatic N) is 2. The molecule has 1 saturated carbocycles. The van der Waals surface area contributed by atoms with Crippen molar-refractivity contribution in [3.05, 3.63) is 81.4 Å². The van der Waals surface area contributed by atoms with Gasteiger partial charge in [-0.3, -0.25) is 19.7 Å². The summed E-state index contributed by atoms with van der Waals surface area (Å²) in [5, 5.41) is 22.2. The maximum atomic E-state index is 13.0. The summed E-state index contributed by atoms with van der Waals surface area (Å²) in [6, 6.07) is 13.8. The molecule has 154 valence electrons. The first-order chi connectivity index (χ1) is 14.5. The van der Waals surface area contributed by atoms with Crippen LogP contribution in [0, 0.1) is 10.1 Å². The molecule has 1 heterocycles. The van der Waals surface area contributed by atoms with Gasteiger partial charge < -0.3 is 10.0 Å². The molecule has 1 unspecified atom stereocenters. The Balaban J connectivity index is 1.87. The fraction of sp³-hybridized carbons (Fsp3) is 0.304. The molecule has 2 fully saturated rings. The lowest BCUT2D eigenvalue weighted by molar-refractivity contribution is -0.384. The van der Waals surface area contributed by atoms with Gasteiger partial charge in [-0.1, -0.05) is 61.7 Å². The van der Waals surface area contributed by atoms with Crippen LogP contribution in [0.1, 0.15) is 49.3 Å². The van der Waals surface area contributed by atoms with Crippen molar-refractivity contribution >= 4 is 23.1 Å². The highest BCUT2D eigenvalue weighted by Crippen LogP contribution is 2.43. The summed E-state index contributed by atoms with van der Waals surface area (Å²) in [6.45, 7) is 0. The summed E-state index contributed by atoms with van der Waals surface area (Å²) in [5.74, 6) is -1.76. The molecule has 1 atom stereocenters. The van der Waals surface area contributed by atoms with Crippen LogP contribution in [0.15, 0.2) is 60.2 Å². The molecule has 1 aliphatic heterocycles. The average molecular weight is 406 g/mol. The molecule has 7 heteroatoms. The van der Waals surface area contributed by atoms with Crippen molar-refractivity contribution in [3.63, 3.8) is 0 Å². The number of rotatable bonds is 4. The Hall–Kier alpha value is -3.48. The van der Waals surface area contributed by atoms with Gasteiger partial charge in [0.15, 0.2) is 0 Å². The molecule has 0 radical (unpaired) electrons. The van der Waals surface area contributed by atoms with Gasteiger partial charge in [0.1, 0.15) is 5.76 Å². The van der Waals surface area contributed by atoms with Gasteiger partial charge in [-0.15, -0.1) is 0 Å².